The van der Waals surface area contributed by atoms with Crippen molar-refractivity contribution in [2.75, 3.05) is 6.54 Å². The Hall–Kier alpha value is -0.900. The van der Waals surface area contributed by atoms with Gasteiger partial charge in [0, 0.05) is 0 Å². The van der Waals surface area contributed by atoms with E-state index in [0.717, 1.165) is 19.3 Å². The van der Waals surface area contributed by atoms with Gasteiger partial charge in [0.1, 0.15) is 0 Å². The minimum Gasteiger partial charge on any atom is -0.391 e. The third-order valence-corrected chi connectivity index (χ3v) is 3.82. The molecule has 4 nitrogen and oxygen atoms in total. The second kappa shape index (κ2) is 4.77. The van der Waals surface area contributed by atoms with E-state index < -0.39 is 6.10 Å². The number of rotatable bonds is 4. The van der Waals surface area contributed by atoms with Gasteiger partial charge in [0.05, 0.1) is 24.5 Å². The highest BCUT2D eigenvalue weighted by atomic mass is 16.3. The molecule has 0 aromatic carbocycles. The summed E-state index contributed by atoms with van der Waals surface area (Å²) in [4.78, 5) is 25.3. The van der Waals surface area contributed by atoms with Gasteiger partial charge in [0.2, 0.25) is 11.8 Å². The van der Waals surface area contributed by atoms with Gasteiger partial charge in [-0.2, -0.15) is 0 Å². The lowest BCUT2D eigenvalue weighted by atomic mass is 10.00. The number of aliphatic hydroxyl groups is 1. The molecule has 0 aromatic rings. The van der Waals surface area contributed by atoms with Crippen LogP contribution < -0.4 is 0 Å². The molecule has 3 atom stereocenters. The Bertz CT molecular complexity index is 305. The molecule has 1 N–H and O–H groups in total. The van der Waals surface area contributed by atoms with Crippen molar-refractivity contribution in [3.8, 4) is 0 Å². The summed E-state index contributed by atoms with van der Waals surface area (Å²) in [5.74, 6) is 0.0837. The first-order chi connectivity index (χ1) is 8.00. The zero-order valence-electron chi connectivity index (χ0n) is 10.6. The molecule has 0 bridgehead atoms. The minimum atomic E-state index is -0.582. The van der Waals surface area contributed by atoms with Crippen LogP contribution in [-0.2, 0) is 9.59 Å². The molecule has 1 saturated carbocycles. The highest BCUT2D eigenvalue weighted by Gasteiger charge is 2.49. The topological polar surface area (TPSA) is 57.6 Å². The van der Waals surface area contributed by atoms with Crippen molar-refractivity contribution < 1.29 is 14.7 Å². The highest BCUT2D eigenvalue weighted by molar-refractivity contribution is 6.05. The van der Waals surface area contributed by atoms with Gasteiger partial charge in [-0.05, 0) is 25.2 Å². The molecule has 2 fully saturated rings. The zero-order chi connectivity index (χ0) is 12.6. The maximum atomic E-state index is 12.0. The number of imide groups is 1. The maximum absolute atomic E-state index is 12.0. The van der Waals surface area contributed by atoms with Crippen molar-refractivity contribution in [3.05, 3.63) is 0 Å². The fourth-order valence-corrected chi connectivity index (χ4v) is 3.07. The van der Waals surface area contributed by atoms with Crippen LogP contribution in [-0.4, -0.2) is 34.5 Å². The first kappa shape index (κ1) is 12.6. The fourth-order valence-electron chi connectivity index (χ4n) is 3.07. The number of β-amino-alcohol motifs (C(OH)–C–C–N with tert-alkyl or cyclic N) is 1. The minimum absolute atomic E-state index is 0.0553. The van der Waals surface area contributed by atoms with Crippen LogP contribution >= 0.6 is 0 Å². The van der Waals surface area contributed by atoms with E-state index in [4.69, 9.17) is 0 Å². The summed E-state index contributed by atoms with van der Waals surface area (Å²) in [5, 5.41) is 9.83. The Balaban J connectivity index is 1.98. The third-order valence-electron chi connectivity index (χ3n) is 3.82. The normalized spacial score (nSPS) is 30.2. The Kier molecular flexibility index (Phi) is 3.52. The number of hydrogen-bond donors (Lipinski definition) is 1. The smallest absolute Gasteiger partial charge is 0.233 e. The first-order valence-corrected chi connectivity index (χ1v) is 6.54. The summed E-state index contributed by atoms with van der Waals surface area (Å²) in [6.45, 7) is 4.22. The van der Waals surface area contributed by atoms with E-state index in [1.807, 2.05) is 13.8 Å². The van der Waals surface area contributed by atoms with Crippen molar-refractivity contribution in [2.24, 2.45) is 17.8 Å². The molecule has 1 heterocycles. The number of fused-ring (bicyclic) bond motifs is 1. The van der Waals surface area contributed by atoms with Crippen molar-refractivity contribution in [3.63, 3.8) is 0 Å². The number of carbonyl (C=O) groups excluding carboxylic acids is 2. The van der Waals surface area contributed by atoms with Crippen LogP contribution in [0, 0.1) is 17.8 Å². The Morgan fingerprint density at radius 3 is 2.24 bits per heavy atom. The van der Waals surface area contributed by atoms with Crippen molar-refractivity contribution >= 4 is 11.8 Å². The summed E-state index contributed by atoms with van der Waals surface area (Å²) in [7, 11) is 0. The molecule has 1 saturated heterocycles. The SMILES string of the molecule is CC(C)CC(O)CN1C(=O)C2CCCC2C1=O. The molecule has 2 rings (SSSR count). The summed E-state index contributed by atoms with van der Waals surface area (Å²) < 4.78 is 0. The zero-order valence-corrected chi connectivity index (χ0v) is 10.6. The average molecular weight is 239 g/mol. The molecule has 3 unspecified atom stereocenters. The number of hydrogen-bond acceptors (Lipinski definition) is 3. The molecule has 1 aliphatic carbocycles. The van der Waals surface area contributed by atoms with Crippen molar-refractivity contribution in [1.29, 1.82) is 0 Å². The number of nitrogens with zero attached hydrogens (tertiary/aromatic N) is 1. The lowest BCUT2D eigenvalue weighted by Gasteiger charge is -2.20. The molecule has 96 valence electrons. The molecular weight excluding hydrogens is 218 g/mol. The van der Waals surface area contributed by atoms with E-state index in [2.05, 4.69) is 0 Å². The maximum Gasteiger partial charge on any atom is 0.233 e. The van der Waals surface area contributed by atoms with Gasteiger partial charge in [-0.15, -0.1) is 0 Å². The van der Waals surface area contributed by atoms with Crippen molar-refractivity contribution in [2.45, 2.75) is 45.6 Å². The molecule has 1 aliphatic heterocycles. The molecule has 2 amide bonds. The molecule has 4 heteroatoms. The fraction of sp³-hybridized carbons (Fsp3) is 0.846. The Morgan fingerprint density at radius 1 is 1.24 bits per heavy atom. The van der Waals surface area contributed by atoms with Gasteiger partial charge in [-0.3, -0.25) is 14.5 Å². The van der Waals surface area contributed by atoms with Gasteiger partial charge in [0.25, 0.3) is 0 Å². The Morgan fingerprint density at radius 2 is 1.76 bits per heavy atom. The molecule has 2 aliphatic rings. The summed E-state index contributed by atoms with van der Waals surface area (Å²) in [5.41, 5.74) is 0. The predicted octanol–water partition coefficient (Wildman–Crippen LogP) is 1.18. The van der Waals surface area contributed by atoms with E-state index in [1.165, 1.54) is 4.90 Å². The monoisotopic (exact) mass is 239 g/mol. The first-order valence-electron chi connectivity index (χ1n) is 6.54. The number of amides is 2. The number of aliphatic hydroxyl groups excluding tert-OH is 1. The third kappa shape index (κ3) is 2.37. The summed E-state index contributed by atoms with van der Waals surface area (Å²) in [6.07, 6.45) is 2.71. The van der Waals surface area contributed by atoms with E-state index in [1.54, 1.807) is 0 Å². The summed E-state index contributed by atoms with van der Waals surface area (Å²) in [6, 6.07) is 0. The Labute approximate surface area is 102 Å². The van der Waals surface area contributed by atoms with E-state index in [9.17, 15) is 14.7 Å². The van der Waals surface area contributed by atoms with Crippen LogP contribution in [0.1, 0.15) is 39.5 Å². The quantitative estimate of drug-likeness (QED) is 0.749. The second-order valence-electron chi connectivity index (χ2n) is 5.71. The lowest BCUT2D eigenvalue weighted by Crippen LogP contribution is -2.38. The van der Waals surface area contributed by atoms with Crippen molar-refractivity contribution in [1.82, 2.24) is 4.90 Å². The van der Waals surface area contributed by atoms with E-state index >= 15 is 0 Å². The predicted molar refractivity (Wildman–Crippen MR) is 63.0 cm³/mol. The van der Waals surface area contributed by atoms with Crippen LogP contribution in [0.25, 0.3) is 0 Å². The summed E-state index contributed by atoms with van der Waals surface area (Å²) >= 11 is 0. The van der Waals surface area contributed by atoms with Crippen LogP contribution in [0.3, 0.4) is 0 Å². The molecular formula is C13H21NO3. The molecule has 0 spiro atoms. The standard InChI is InChI=1S/C13H21NO3/c1-8(2)6-9(15)7-14-12(16)10-4-3-5-11(10)13(14)17/h8-11,15H,3-7H2,1-2H3. The van der Waals surface area contributed by atoms with Gasteiger partial charge in [-0.25, -0.2) is 0 Å². The van der Waals surface area contributed by atoms with Crippen LogP contribution in [0.2, 0.25) is 0 Å². The lowest BCUT2D eigenvalue weighted by molar-refractivity contribution is -0.142. The van der Waals surface area contributed by atoms with Crippen LogP contribution in [0.4, 0.5) is 0 Å². The van der Waals surface area contributed by atoms with Crippen LogP contribution in [0.5, 0.6) is 0 Å². The van der Waals surface area contributed by atoms with Crippen LogP contribution in [0.15, 0.2) is 0 Å². The van der Waals surface area contributed by atoms with Gasteiger partial charge >= 0.3 is 0 Å². The van der Waals surface area contributed by atoms with Gasteiger partial charge in [0.15, 0.2) is 0 Å². The largest absolute Gasteiger partial charge is 0.391 e. The van der Waals surface area contributed by atoms with Gasteiger partial charge < -0.3 is 5.11 Å². The highest BCUT2D eigenvalue weighted by Crippen LogP contribution is 2.39. The molecule has 17 heavy (non-hydrogen) atoms. The van der Waals surface area contributed by atoms with E-state index in [-0.39, 0.29) is 30.2 Å². The molecule has 0 radical (unpaired) electrons. The second-order valence-corrected chi connectivity index (χ2v) is 5.71. The number of likely N-dealkylation sites (tertiary alicyclic amines) is 1. The molecule has 0 aromatic heterocycles. The number of carbonyl (C=O) groups is 2. The van der Waals surface area contributed by atoms with E-state index in [0.29, 0.717) is 12.3 Å². The van der Waals surface area contributed by atoms with Gasteiger partial charge in [-0.1, -0.05) is 20.3 Å². The average Bonchev–Trinajstić information content (AvgIpc) is 2.77.